The third kappa shape index (κ3) is 4.57. The van der Waals surface area contributed by atoms with Gasteiger partial charge in [0.2, 0.25) is 0 Å². The second-order valence-electron chi connectivity index (χ2n) is 4.14. The van der Waals surface area contributed by atoms with Gasteiger partial charge in [-0.2, -0.15) is 0 Å². The predicted molar refractivity (Wildman–Crippen MR) is 56.9 cm³/mol. The number of aliphatic carboxylic acids is 1. The second kappa shape index (κ2) is 4.88. The van der Waals surface area contributed by atoms with E-state index in [1.807, 2.05) is 5.48 Å². The molecular weight excluding hydrogens is 252 g/mol. The Labute approximate surface area is 98.2 Å². The third-order valence-electron chi connectivity index (χ3n) is 2.28. The smallest absolute Gasteiger partial charge is 0.339 e. The summed E-state index contributed by atoms with van der Waals surface area (Å²) < 4.78 is 22.5. The van der Waals surface area contributed by atoms with Crippen molar-refractivity contribution in [2.75, 3.05) is 18.1 Å². The fourth-order valence-electron chi connectivity index (χ4n) is 1.57. The zero-order valence-corrected chi connectivity index (χ0v) is 10.0. The molecule has 0 aromatic carbocycles. The van der Waals surface area contributed by atoms with Crippen molar-refractivity contribution in [3.8, 4) is 0 Å². The highest BCUT2D eigenvalue weighted by Crippen LogP contribution is 2.22. The van der Waals surface area contributed by atoms with Crippen LogP contribution < -0.4 is 10.8 Å². The summed E-state index contributed by atoms with van der Waals surface area (Å²) in [5.74, 6) is -1.33. The van der Waals surface area contributed by atoms with Crippen molar-refractivity contribution in [2.24, 2.45) is 0 Å². The Hall–Kier alpha value is -1.35. The van der Waals surface area contributed by atoms with Crippen LogP contribution >= 0.6 is 0 Å². The molecule has 0 saturated carbocycles. The van der Waals surface area contributed by atoms with E-state index >= 15 is 0 Å². The standard InChI is InChI=1S/C8H14N2O6S/c1-8(2-3-17(14,15)5-8)9-7(13)10-16-4-6(11)12/h2-5H2,1H3,(H,11,12)(H2,9,10,13). The normalized spacial score (nSPS) is 26.4. The summed E-state index contributed by atoms with van der Waals surface area (Å²) in [7, 11) is -3.11. The lowest BCUT2D eigenvalue weighted by Crippen LogP contribution is -2.51. The van der Waals surface area contributed by atoms with Crippen LogP contribution in [0.1, 0.15) is 13.3 Å². The molecule has 1 atom stereocenters. The van der Waals surface area contributed by atoms with Crippen LogP contribution in [-0.2, 0) is 19.5 Å². The van der Waals surface area contributed by atoms with Gasteiger partial charge in [0.05, 0.1) is 17.0 Å². The molecule has 3 N–H and O–H groups in total. The van der Waals surface area contributed by atoms with Crippen LogP contribution in [-0.4, -0.2) is 49.2 Å². The Kier molecular flexibility index (Phi) is 3.94. The molecule has 1 saturated heterocycles. The van der Waals surface area contributed by atoms with E-state index in [9.17, 15) is 18.0 Å². The van der Waals surface area contributed by atoms with Crippen molar-refractivity contribution in [3.05, 3.63) is 0 Å². The molecule has 1 aliphatic heterocycles. The summed E-state index contributed by atoms with van der Waals surface area (Å²) in [6.45, 7) is 0.941. The van der Waals surface area contributed by atoms with Crippen LogP contribution in [0.5, 0.6) is 0 Å². The van der Waals surface area contributed by atoms with E-state index in [2.05, 4.69) is 10.2 Å². The average Bonchev–Trinajstić information content (AvgIpc) is 2.39. The van der Waals surface area contributed by atoms with Gasteiger partial charge in [0.1, 0.15) is 0 Å². The molecule has 0 aliphatic carbocycles. The molecule has 0 bridgehead atoms. The quantitative estimate of drug-likeness (QED) is 0.554. The van der Waals surface area contributed by atoms with E-state index < -0.39 is 34.0 Å². The number of carboxylic acids is 1. The van der Waals surface area contributed by atoms with Gasteiger partial charge >= 0.3 is 12.0 Å². The fourth-order valence-corrected chi connectivity index (χ4v) is 3.67. The number of amides is 2. The van der Waals surface area contributed by atoms with Gasteiger partial charge in [0.15, 0.2) is 16.4 Å². The topological polar surface area (TPSA) is 122 Å². The van der Waals surface area contributed by atoms with Crippen molar-refractivity contribution in [1.82, 2.24) is 10.8 Å². The van der Waals surface area contributed by atoms with Gasteiger partial charge in [-0.3, -0.25) is 4.84 Å². The number of nitrogens with one attached hydrogen (secondary N) is 2. The summed E-state index contributed by atoms with van der Waals surface area (Å²) in [4.78, 5) is 25.7. The van der Waals surface area contributed by atoms with Crippen molar-refractivity contribution in [3.63, 3.8) is 0 Å². The average molecular weight is 266 g/mol. The largest absolute Gasteiger partial charge is 0.479 e. The van der Waals surface area contributed by atoms with Crippen molar-refractivity contribution < 1.29 is 28.0 Å². The number of carboxylic acid groups (broad SMARTS) is 1. The van der Waals surface area contributed by atoms with Gasteiger partial charge in [-0.05, 0) is 13.3 Å². The van der Waals surface area contributed by atoms with Crippen LogP contribution in [0.4, 0.5) is 4.79 Å². The van der Waals surface area contributed by atoms with Crippen LogP contribution in [0.15, 0.2) is 0 Å². The number of carbonyl (C=O) groups is 2. The lowest BCUT2D eigenvalue weighted by Gasteiger charge is -2.23. The number of carbonyl (C=O) groups excluding carboxylic acids is 1. The number of sulfone groups is 1. The highest BCUT2D eigenvalue weighted by atomic mass is 32.2. The Morgan fingerprint density at radius 2 is 2.12 bits per heavy atom. The molecule has 0 spiro atoms. The summed E-state index contributed by atoms with van der Waals surface area (Å²) in [5, 5.41) is 10.7. The van der Waals surface area contributed by atoms with E-state index in [0.717, 1.165) is 0 Å². The molecule has 1 heterocycles. The second-order valence-corrected chi connectivity index (χ2v) is 6.33. The van der Waals surface area contributed by atoms with Gasteiger partial charge in [0.25, 0.3) is 0 Å². The molecule has 1 rings (SSSR count). The first-order chi connectivity index (χ1) is 7.72. The molecule has 1 fully saturated rings. The predicted octanol–water partition coefficient (Wildman–Crippen LogP) is -1.12. The number of rotatable bonds is 4. The van der Waals surface area contributed by atoms with E-state index in [-0.39, 0.29) is 11.5 Å². The highest BCUT2D eigenvalue weighted by Gasteiger charge is 2.39. The molecule has 8 nitrogen and oxygen atoms in total. The zero-order valence-electron chi connectivity index (χ0n) is 9.23. The van der Waals surface area contributed by atoms with Crippen LogP contribution in [0.3, 0.4) is 0 Å². The van der Waals surface area contributed by atoms with E-state index in [0.29, 0.717) is 6.42 Å². The molecule has 98 valence electrons. The minimum Gasteiger partial charge on any atom is -0.479 e. The Morgan fingerprint density at radius 1 is 1.47 bits per heavy atom. The molecule has 17 heavy (non-hydrogen) atoms. The summed E-state index contributed by atoms with van der Waals surface area (Å²) in [6.07, 6.45) is 0.321. The first-order valence-electron chi connectivity index (χ1n) is 4.85. The zero-order chi connectivity index (χ0) is 13.1. The molecule has 1 aliphatic rings. The number of urea groups is 1. The van der Waals surface area contributed by atoms with Gasteiger partial charge in [-0.25, -0.2) is 23.5 Å². The Bertz CT molecular complexity index is 420. The molecule has 1 unspecified atom stereocenters. The molecule has 0 aromatic heterocycles. The van der Waals surface area contributed by atoms with E-state index in [4.69, 9.17) is 5.11 Å². The van der Waals surface area contributed by atoms with Crippen molar-refractivity contribution >= 4 is 21.8 Å². The molecule has 0 aromatic rings. The first kappa shape index (κ1) is 13.7. The van der Waals surface area contributed by atoms with E-state index in [1.54, 1.807) is 6.92 Å². The minimum atomic E-state index is -3.11. The first-order valence-corrected chi connectivity index (χ1v) is 6.67. The fraction of sp³-hybridized carbons (Fsp3) is 0.750. The summed E-state index contributed by atoms with van der Waals surface area (Å²) in [6, 6.07) is -0.758. The maximum Gasteiger partial charge on any atom is 0.339 e. The third-order valence-corrected chi connectivity index (χ3v) is 4.18. The SMILES string of the molecule is CC1(NC(=O)NOCC(=O)O)CCS(=O)(=O)C1. The van der Waals surface area contributed by atoms with E-state index in [1.165, 1.54) is 0 Å². The number of hydrogen-bond donors (Lipinski definition) is 3. The number of hydroxylamine groups is 1. The van der Waals surface area contributed by atoms with Crippen LogP contribution in [0.2, 0.25) is 0 Å². The lowest BCUT2D eigenvalue weighted by atomic mass is 10.0. The molecular formula is C8H14N2O6S. The molecule has 2 amide bonds. The minimum absolute atomic E-state index is 0.0275. The maximum atomic E-state index is 11.3. The summed E-state index contributed by atoms with van der Waals surface area (Å²) >= 11 is 0. The lowest BCUT2D eigenvalue weighted by molar-refractivity contribution is -0.144. The van der Waals surface area contributed by atoms with Gasteiger partial charge in [0, 0.05) is 0 Å². The molecule has 0 radical (unpaired) electrons. The van der Waals surface area contributed by atoms with Crippen molar-refractivity contribution in [1.29, 1.82) is 0 Å². The Morgan fingerprint density at radius 3 is 2.59 bits per heavy atom. The Balaban J connectivity index is 2.39. The van der Waals surface area contributed by atoms with Gasteiger partial charge < -0.3 is 10.4 Å². The van der Waals surface area contributed by atoms with Gasteiger partial charge in [-0.15, -0.1) is 0 Å². The highest BCUT2D eigenvalue weighted by molar-refractivity contribution is 7.91. The van der Waals surface area contributed by atoms with Crippen LogP contribution in [0.25, 0.3) is 0 Å². The van der Waals surface area contributed by atoms with Gasteiger partial charge in [-0.1, -0.05) is 0 Å². The number of hydrogen-bond acceptors (Lipinski definition) is 5. The monoisotopic (exact) mass is 266 g/mol. The summed E-state index contributed by atoms with van der Waals surface area (Å²) in [5.41, 5.74) is 1.03. The van der Waals surface area contributed by atoms with Crippen LogP contribution in [0, 0.1) is 0 Å². The molecule has 9 heteroatoms. The maximum absolute atomic E-state index is 11.3. The van der Waals surface area contributed by atoms with Crippen molar-refractivity contribution in [2.45, 2.75) is 18.9 Å².